The van der Waals surface area contributed by atoms with Gasteiger partial charge >= 0.3 is 23.9 Å². The van der Waals surface area contributed by atoms with E-state index in [0.29, 0.717) is 12.8 Å². The predicted molar refractivity (Wildman–Crippen MR) is 233 cm³/mol. The Balaban J connectivity index is 1.47. The van der Waals surface area contributed by atoms with Crippen LogP contribution >= 0.6 is 0 Å². The third-order valence-corrected chi connectivity index (χ3v) is 14.4. The largest absolute Gasteiger partial charge is 0.464 e. The molecule has 0 amide bonds. The van der Waals surface area contributed by atoms with Crippen LogP contribution in [0.15, 0.2) is 0 Å². The Morgan fingerprint density at radius 3 is 0.919 bits per heavy atom. The number of carbonyl (C=O) groups excluding carboxylic acids is 4. The van der Waals surface area contributed by atoms with Crippen molar-refractivity contribution in [1.82, 2.24) is 30.6 Å². The summed E-state index contributed by atoms with van der Waals surface area (Å²) in [5.41, 5.74) is -3.44. The molecule has 0 spiro atoms. The van der Waals surface area contributed by atoms with E-state index in [1.165, 1.54) is 0 Å². The standard InChI is InChI=1S/C46H82N6O10/c1-39(2)19-31(43(9,10)47-39)27-59-35(53)23-49(25-37(55)61-29-33-21-41(5,6)51(57)45(33,13)14)17-18-50(24-36(54)60-28-32-20-40(3,4)48-44(32,11)12)26-38(56)62-30-34-22-42(7,8)52(58)46(34,15)16/h31-34,47-48H,17-30H2,1-16H3. The Labute approximate surface area is 372 Å². The number of carbonyl (C=O) groups is 4. The smallest absolute Gasteiger partial charge is 0.320 e. The molecule has 4 rings (SSSR count). The minimum absolute atomic E-state index is 0.0409. The van der Waals surface area contributed by atoms with Crippen molar-refractivity contribution in [1.29, 1.82) is 0 Å². The van der Waals surface area contributed by atoms with E-state index >= 15 is 0 Å². The maximum Gasteiger partial charge on any atom is 0.320 e. The van der Waals surface area contributed by atoms with Gasteiger partial charge in [0.25, 0.3) is 0 Å². The highest BCUT2D eigenvalue weighted by Gasteiger charge is 2.54. The summed E-state index contributed by atoms with van der Waals surface area (Å²) in [6.45, 7) is 31.4. The molecule has 2 radical (unpaired) electrons. The van der Waals surface area contributed by atoms with E-state index in [9.17, 15) is 29.6 Å². The minimum Gasteiger partial charge on any atom is -0.464 e. The van der Waals surface area contributed by atoms with Crippen LogP contribution in [0.5, 0.6) is 0 Å². The molecule has 0 aromatic carbocycles. The van der Waals surface area contributed by atoms with Gasteiger partial charge in [0.05, 0.1) is 63.7 Å². The molecular formula is C46H82N6O10. The fourth-order valence-electron chi connectivity index (χ4n) is 11.0. The quantitative estimate of drug-likeness (QED) is 0.136. The van der Waals surface area contributed by atoms with Gasteiger partial charge in [-0.1, -0.05) is 0 Å². The van der Waals surface area contributed by atoms with Crippen molar-refractivity contribution in [3.8, 4) is 0 Å². The molecule has 4 aliphatic rings. The summed E-state index contributed by atoms with van der Waals surface area (Å²) in [5.74, 6) is -2.45. The summed E-state index contributed by atoms with van der Waals surface area (Å²) in [7, 11) is 0. The molecule has 4 unspecified atom stereocenters. The summed E-state index contributed by atoms with van der Waals surface area (Å²) >= 11 is 0. The van der Waals surface area contributed by atoms with Gasteiger partial charge in [-0.15, -0.1) is 20.5 Å². The van der Waals surface area contributed by atoms with Crippen LogP contribution in [-0.2, 0) is 48.5 Å². The first-order valence-electron chi connectivity index (χ1n) is 22.7. The lowest BCUT2D eigenvalue weighted by atomic mass is 9.88. The lowest BCUT2D eigenvalue weighted by Crippen LogP contribution is -2.47. The third-order valence-electron chi connectivity index (χ3n) is 14.4. The van der Waals surface area contributed by atoms with E-state index in [-0.39, 0.29) is 112 Å². The van der Waals surface area contributed by atoms with Crippen molar-refractivity contribution in [3.63, 3.8) is 0 Å². The number of hydrogen-bond acceptors (Lipinski definition) is 14. The molecule has 2 N–H and O–H groups in total. The SMILES string of the molecule is CC1(C)CC(COC(=O)CN(CCN(CC(=O)OCC2CC(C)(C)NC2(C)C)CC(=O)OCC2CC(C)(C)N([O])C2(C)C)CC(=O)OCC2CC(C)(C)N([O])C2(C)C)C(C)(C)N1. The summed E-state index contributed by atoms with van der Waals surface area (Å²) in [4.78, 5) is 57.2. The van der Waals surface area contributed by atoms with E-state index in [4.69, 9.17) is 18.9 Å². The van der Waals surface area contributed by atoms with E-state index in [1.807, 2.05) is 55.4 Å². The third kappa shape index (κ3) is 13.1. The zero-order valence-electron chi connectivity index (χ0n) is 41.1. The van der Waals surface area contributed by atoms with Gasteiger partial charge in [-0.25, -0.2) is 0 Å². The number of rotatable bonds is 19. The van der Waals surface area contributed by atoms with Crippen LogP contribution in [0.1, 0.15) is 136 Å². The first-order chi connectivity index (χ1) is 28.1. The van der Waals surface area contributed by atoms with Gasteiger partial charge in [0.2, 0.25) is 0 Å². The molecule has 16 nitrogen and oxygen atoms in total. The number of hydrogen-bond donors (Lipinski definition) is 2. The Kier molecular flexibility index (Phi) is 15.8. The van der Waals surface area contributed by atoms with Crippen LogP contribution in [0.25, 0.3) is 0 Å². The molecule has 0 saturated carbocycles. The van der Waals surface area contributed by atoms with E-state index in [2.05, 4.69) is 66.0 Å². The van der Waals surface area contributed by atoms with Crippen molar-refractivity contribution in [2.24, 2.45) is 23.7 Å². The predicted octanol–water partition coefficient (Wildman–Crippen LogP) is 4.55. The van der Waals surface area contributed by atoms with Crippen LogP contribution in [0.2, 0.25) is 0 Å². The van der Waals surface area contributed by atoms with Gasteiger partial charge in [-0.05, 0) is 136 Å². The zero-order valence-corrected chi connectivity index (χ0v) is 41.1. The summed E-state index contributed by atoms with van der Waals surface area (Å²) in [6, 6.07) is 0. The van der Waals surface area contributed by atoms with Crippen LogP contribution < -0.4 is 10.6 Å². The molecule has 0 bridgehead atoms. The maximum atomic E-state index is 13.5. The van der Waals surface area contributed by atoms with Gasteiger partial charge < -0.3 is 29.6 Å². The zero-order chi connectivity index (χ0) is 47.1. The Hall–Kier alpha value is -2.44. The number of hydroxylamine groups is 4. The highest BCUT2D eigenvalue weighted by atomic mass is 16.6. The second-order valence-corrected chi connectivity index (χ2v) is 23.7. The molecule has 4 saturated heterocycles. The first kappa shape index (κ1) is 52.2. The molecular weight excluding hydrogens is 797 g/mol. The van der Waals surface area contributed by atoms with Crippen molar-refractivity contribution in [2.75, 3.05) is 65.7 Å². The lowest BCUT2D eigenvalue weighted by Gasteiger charge is -2.33. The number of ether oxygens (including phenoxy) is 4. The second kappa shape index (κ2) is 18.8. The summed E-state index contributed by atoms with van der Waals surface area (Å²) < 4.78 is 23.2. The van der Waals surface area contributed by atoms with E-state index in [0.717, 1.165) is 23.0 Å². The summed E-state index contributed by atoms with van der Waals surface area (Å²) in [5, 5.41) is 35.4. The number of nitrogens with zero attached hydrogens (tertiary/aromatic N) is 4. The van der Waals surface area contributed by atoms with E-state index in [1.54, 1.807) is 9.80 Å². The lowest BCUT2D eigenvalue weighted by molar-refractivity contribution is -0.249. The van der Waals surface area contributed by atoms with Gasteiger partial charge in [0.15, 0.2) is 0 Å². The summed E-state index contributed by atoms with van der Waals surface area (Å²) in [6.07, 6.45) is 2.73. The van der Waals surface area contributed by atoms with Gasteiger partial charge in [0.1, 0.15) is 0 Å². The average Bonchev–Trinajstić information content (AvgIpc) is 3.61. The average molecular weight is 879 g/mol. The molecule has 4 heterocycles. The fourth-order valence-corrected chi connectivity index (χ4v) is 11.0. The minimum atomic E-state index is -0.743. The van der Waals surface area contributed by atoms with Gasteiger partial charge in [-0.2, -0.15) is 0 Å². The van der Waals surface area contributed by atoms with Crippen LogP contribution in [0.3, 0.4) is 0 Å². The van der Waals surface area contributed by atoms with Gasteiger partial charge in [0, 0.05) is 70.0 Å². The number of nitrogens with one attached hydrogen (secondary N) is 2. The van der Waals surface area contributed by atoms with Crippen LogP contribution in [0, 0.1) is 23.7 Å². The monoisotopic (exact) mass is 879 g/mol. The molecule has 356 valence electrons. The molecule has 4 aliphatic heterocycles. The van der Waals surface area contributed by atoms with Gasteiger partial charge in [-0.3, -0.25) is 29.0 Å². The maximum absolute atomic E-state index is 13.5. The van der Waals surface area contributed by atoms with Crippen LogP contribution in [0.4, 0.5) is 0 Å². The molecule has 62 heavy (non-hydrogen) atoms. The topological polar surface area (TPSA) is 182 Å². The fraction of sp³-hybridized carbons (Fsp3) is 0.913. The highest BCUT2D eigenvalue weighted by Crippen LogP contribution is 2.45. The van der Waals surface area contributed by atoms with Crippen molar-refractivity contribution in [2.45, 2.75) is 181 Å². The highest BCUT2D eigenvalue weighted by molar-refractivity contribution is 5.76. The van der Waals surface area contributed by atoms with Crippen LogP contribution in [-0.4, -0.2) is 154 Å². The van der Waals surface area contributed by atoms with Crippen molar-refractivity contribution in [3.05, 3.63) is 0 Å². The molecule has 16 heteroatoms. The second-order valence-electron chi connectivity index (χ2n) is 23.7. The molecule has 4 atom stereocenters. The molecule has 0 aromatic rings. The Morgan fingerprint density at radius 1 is 0.452 bits per heavy atom. The van der Waals surface area contributed by atoms with Crippen molar-refractivity contribution >= 4 is 23.9 Å². The van der Waals surface area contributed by atoms with Crippen molar-refractivity contribution < 1.29 is 48.5 Å². The molecule has 4 fully saturated rings. The molecule has 0 aliphatic carbocycles. The Morgan fingerprint density at radius 2 is 0.710 bits per heavy atom. The van der Waals surface area contributed by atoms with E-state index < -0.39 is 46.0 Å². The number of esters is 4. The molecule has 0 aromatic heterocycles. The Bertz CT molecular complexity index is 1490. The first-order valence-corrected chi connectivity index (χ1v) is 22.7. The normalized spacial score (nSPS) is 28.9.